The lowest BCUT2D eigenvalue weighted by Crippen LogP contribution is -2.21. The first-order valence-electron chi connectivity index (χ1n) is 10.2. The van der Waals surface area contributed by atoms with Crippen LogP contribution in [0.4, 0.5) is 11.5 Å². The molecule has 3 rings (SSSR count). The minimum Gasteiger partial charge on any atom is -0.489 e. The van der Waals surface area contributed by atoms with Gasteiger partial charge in [0, 0.05) is 12.1 Å². The molecular formula is C22H30N4O2. The molecule has 1 amide bonds. The molecule has 2 N–H and O–H groups in total. The molecule has 1 heterocycles. The third-order valence-electron chi connectivity index (χ3n) is 4.78. The molecule has 1 aromatic heterocycles. The van der Waals surface area contributed by atoms with Gasteiger partial charge in [-0.3, -0.25) is 4.79 Å². The zero-order valence-electron chi connectivity index (χ0n) is 17.0. The van der Waals surface area contributed by atoms with E-state index >= 15 is 0 Å². The molecule has 0 unspecified atom stereocenters. The summed E-state index contributed by atoms with van der Waals surface area (Å²) in [6.07, 6.45) is 7.38. The van der Waals surface area contributed by atoms with E-state index in [0.717, 1.165) is 18.7 Å². The first kappa shape index (κ1) is 20.1. The Morgan fingerprint density at radius 2 is 1.82 bits per heavy atom. The zero-order valence-corrected chi connectivity index (χ0v) is 17.0. The van der Waals surface area contributed by atoms with Gasteiger partial charge in [-0.25, -0.2) is 9.97 Å². The fourth-order valence-corrected chi connectivity index (χ4v) is 3.50. The minimum absolute atomic E-state index is 0.0229. The Morgan fingerprint density at radius 1 is 1.11 bits per heavy atom. The highest BCUT2D eigenvalue weighted by atomic mass is 16.5. The van der Waals surface area contributed by atoms with E-state index in [1.165, 1.54) is 25.7 Å². The Morgan fingerprint density at radius 3 is 2.54 bits per heavy atom. The lowest BCUT2D eigenvalue weighted by molar-refractivity contribution is 0.102. The predicted octanol–water partition coefficient (Wildman–Crippen LogP) is 4.96. The maximum atomic E-state index is 12.8. The quantitative estimate of drug-likeness (QED) is 0.691. The van der Waals surface area contributed by atoms with Crippen molar-refractivity contribution in [3.8, 4) is 5.75 Å². The van der Waals surface area contributed by atoms with Crippen molar-refractivity contribution < 1.29 is 9.53 Å². The summed E-state index contributed by atoms with van der Waals surface area (Å²) >= 11 is 0. The maximum Gasteiger partial charge on any atom is 0.274 e. The highest BCUT2D eigenvalue weighted by Crippen LogP contribution is 2.26. The van der Waals surface area contributed by atoms with Crippen LogP contribution in [0.1, 0.15) is 68.7 Å². The summed E-state index contributed by atoms with van der Waals surface area (Å²) < 4.78 is 5.78. The smallest absolute Gasteiger partial charge is 0.274 e. The van der Waals surface area contributed by atoms with Crippen LogP contribution in [0.2, 0.25) is 0 Å². The number of amides is 1. The summed E-state index contributed by atoms with van der Waals surface area (Å²) in [5.41, 5.74) is 0.985. The molecule has 0 radical (unpaired) electrons. The van der Waals surface area contributed by atoms with Gasteiger partial charge in [-0.15, -0.1) is 0 Å². The van der Waals surface area contributed by atoms with E-state index in [4.69, 9.17) is 4.74 Å². The van der Waals surface area contributed by atoms with Crippen molar-refractivity contribution in [2.24, 2.45) is 0 Å². The van der Waals surface area contributed by atoms with Crippen LogP contribution in [0.25, 0.3) is 0 Å². The molecule has 1 aliphatic rings. The van der Waals surface area contributed by atoms with Gasteiger partial charge < -0.3 is 15.4 Å². The molecule has 150 valence electrons. The topological polar surface area (TPSA) is 76.1 Å². The largest absolute Gasteiger partial charge is 0.489 e. The Balaban J connectivity index is 1.74. The van der Waals surface area contributed by atoms with E-state index in [2.05, 4.69) is 20.6 Å². The molecule has 1 fully saturated rings. The summed E-state index contributed by atoms with van der Waals surface area (Å²) in [5.74, 6) is 1.68. The van der Waals surface area contributed by atoms with Crippen LogP contribution in [0.3, 0.4) is 0 Å². The van der Waals surface area contributed by atoms with Crippen LogP contribution in [-0.2, 0) is 0 Å². The molecule has 0 bridgehead atoms. The Hall–Kier alpha value is -2.63. The highest BCUT2D eigenvalue weighted by molar-refractivity contribution is 6.04. The molecule has 6 heteroatoms. The minimum atomic E-state index is -0.269. The van der Waals surface area contributed by atoms with E-state index in [0.29, 0.717) is 29.0 Å². The molecule has 1 aliphatic carbocycles. The number of carbonyl (C=O) groups excluding carboxylic acids is 1. The lowest BCUT2D eigenvalue weighted by atomic mass is 10.1. The van der Waals surface area contributed by atoms with Crippen molar-refractivity contribution in [3.63, 3.8) is 0 Å². The van der Waals surface area contributed by atoms with Gasteiger partial charge in [-0.1, -0.05) is 37.8 Å². The fraction of sp³-hybridized carbons (Fsp3) is 0.500. The lowest BCUT2D eigenvalue weighted by Gasteiger charge is -2.18. The highest BCUT2D eigenvalue weighted by Gasteiger charge is 2.16. The first-order valence-corrected chi connectivity index (χ1v) is 10.2. The zero-order chi connectivity index (χ0) is 19.9. The average Bonchev–Trinajstić information content (AvgIpc) is 2.91. The molecule has 28 heavy (non-hydrogen) atoms. The van der Waals surface area contributed by atoms with Crippen molar-refractivity contribution in [1.29, 1.82) is 0 Å². The van der Waals surface area contributed by atoms with E-state index in [9.17, 15) is 4.79 Å². The Kier molecular flexibility index (Phi) is 6.85. The van der Waals surface area contributed by atoms with Gasteiger partial charge >= 0.3 is 0 Å². The number of anilines is 2. The Bertz CT molecular complexity index is 799. The summed E-state index contributed by atoms with van der Waals surface area (Å²) in [5, 5.41) is 6.42. The van der Waals surface area contributed by atoms with Crippen LogP contribution in [-0.4, -0.2) is 28.0 Å². The van der Waals surface area contributed by atoms with Gasteiger partial charge in [0.15, 0.2) is 0 Å². The number of hydrogen-bond donors (Lipinski definition) is 2. The van der Waals surface area contributed by atoms with Crippen LogP contribution in [0, 0.1) is 6.92 Å². The van der Waals surface area contributed by atoms with Gasteiger partial charge in [-0.05, 0) is 45.7 Å². The van der Waals surface area contributed by atoms with Crippen LogP contribution < -0.4 is 15.4 Å². The van der Waals surface area contributed by atoms with Gasteiger partial charge in [-0.2, -0.15) is 0 Å². The molecule has 0 spiro atoms. The average molecular weight is 383 g/mol. The number of rotatable bonds is 6. The number of para-hydroxylation sites is 2. The van der Waals surface area contributed by atoms with E-state index < -0.39 is 0 Å². The standard InChI is InChI=1S/C22H30N4O2/c1-15(2)28-20-13-9-8-12-18(20)26-22(27)19-14-21(24-16(3)23-19)25-17-10-6-4-5-7-11-17/h8-9,12-15,17H,4-7,10-11H2,1-3H3,(H,26,27)(H,23,24,25). The number of benzene rings is 1. The van der Waals surface area contributed by atoms with Crippen LogP contribution >= 0.6 is 0 Å². The molecule has 0 atom stereocenters. The number of nitrogens with one attached hydrogen (secondary N) is 2. The summed E-state index contributed by atoms with van der Waals surface area (Å²) in [6, 6.07) is 9.57. The fourth-order valence-electron chi connectivity index (χ4n) is 3.50. The molecule has 1 aromatic carbocycles. The van der Waals surface area contributed by atoms with Crippen LogP contribution in [0.5, 0.6) is 5.75 Å². The van der Waals surface area contributed by atoms with Gasteiger partial charge in [0.25, 0.3) is 5.91 Å². The summed E-state index contributed by atoms with van der Waals surface area (Å²) in [4.78, 5) is 21.6. The predicted molar refractivity (Wildman–Crippen MR) is 112 cm³/mol. The van der Waals surface area contributed by atoms with Gasteiger partial charge in [0.1, 0.15) is 23.1 Å². The van der Waals surface area contributed by atoms with Crippen molar-refractivity contribution in [2.75, 3.05) is 10.6 Å². The normalized spacial score (nSPS) is 15.1. The van der Waals surface area contributed by atoms with Crippen molar-refractivity contribution >= 4 is 17.4 Å². The van der Waals surface area contributed by atoms with Crippen molar-refractivity contribution in [2.45, 2.75) is 71.4 Å². The van der Waals surface area contributed by atoms with Crippen molar-refractivity contribution in [3.05, 3.63) is 41.9 Å². The van der Waals surface area contributed by atoms with E-state index in [1.807, 2.05) is 45.0 Å². The van der Waals surface area contributed by atoms with E-state index in [-0.39, 0.29) is 12.0 Å². The molecule has 6 nitrogen and oxygen atoms in total. The maximum absolute atomic E-state index is 12.8. The molecule has 0 saturated heterocycles. The number of nitrogens with zero attached hydrogens (tertiary/aromatic N) is 2. The number of hydrogen-bond acceptors (Lipinski definition) is 5. The third kappa shape index (κ3) is 5.68. The number of aromatic nitrogens is 2. The summed E-state index contributed by atoms with van der Waals surface area (Å²) in [6.45, 7) is 5.72. The molecule has 0 aliphatic heterocycles. The number of carbonyl (C=O) groups is 1. The summed E-state index contributed by atoms with van der Waals surface area (Å²) in [7, 11) is 0. The van der Waals surface area contributed by atoms with E-state index in [1.54, 1.807) is 6.07 Å². The second kappa shape index (κ2) is 9.53. The third-order valence-corrected chi connectivity index (χ3v) is 4.78. The number of ether oxygens (including phenoxy) is 1. The molecule has 2 aromatic rings. The first-order chi connectivity index (χ1) is 13.5. The van der Waals surface area contributed by atoms with Gasteiger partial charge in [0.05, 0.1) is 11.8 Å². The number of aryl methyl sites for hydroxylation is 1. The second-order valence-corrected chi connectivity index (χ2v) is 7.64. The van der Waals surface area contributed by atoms with Crippen LogP contribution in [0.15, 0.2) is 30.3 Å². The monoisotopic (exact) mass is 382 g/mol. The Labute approximate surface area is 167 Å². The van der Waals surface area contributed by atoms with Crippen molar-refractivity contribution in [1.82, 2.24) is 9.97 Å². The van der Waals surface area contributed by atoms with Gasteiger partial charge in [0.2, 0.25) is 0 Å². The second-order valence-electron chi connectivity index (χ2n) is 7.64. The molecule has 1 saturated carbocycles. The SMILES string of the molecule is Cc1nc(NC2CCCCCC2)cc(C(=O)Nc2ccccc2OC(C)C)n1. The molecular weight excluding hydrogens is 352 g/mol.